The molecule has 0 spiro atoms. The number of rotatable bonds is 4. The average Bonchev–Trinajstić information content (AvgIpc) is 2.40. The molecule has 0 aliphatic rings. The van der Waals surface area contributed by atoms with Crippen molar-refractivity contribution in [1.82, 2.24) is 5.32 Å². The first kappa shape index (κ1) is 13.7. The van der Waals surface area contributed by atoms with Crippen LogP contribution in [0.15, 0.2) is 48.5 Å². The fourth-order valence-corrected chi connectivity index (χ4v) is 2.07. The standard InChI is InChI=1S/C16H17F2N/c1-11(13-3-7-15(17)8-4-13)19-12(2)14-5-9-16(18)10-6-14/h3-12,19H,1-2H3. The monoisotopic (exact) mass is 261 g/mol. The highest BCUT2D eigenvalue weighted by Gasteiger charge is 2.11. The van der Waals surface area contributed by atoms with Gasteiger partial charge in [-0.3, -0.25) is 0 Å². The van der Waals surface area contributed by atoms with Crippen LogP contribution in [0.3, 0.4) is 0 Å². The van der Waals surface area contributed by atoms with E-state index in [9.17, 15) is 8.78 Å². The smallest absolute Gasteiger partial charge is 0.123 e. The average molecular weight is 261 g/mol. The van der Waals surface area contributed by atoms with Gasteiger partial charge in [-0.1, -0.05) is 24.3 Å². The Labute approximate surface area is 112 Å². The highest BCUT2D eigenvalue weighted by atomic mass is 19.1. The van der Waals surface area contributed by atoms with Crippen LogP contribution in [0, 0.1) is 11.6 Å². The third kappa shape index (κ3) is 3.61. The normalized spacial score (nSPS) is 14.1. The van der Waals surface area contributed by atoms with Crippen molar-refractivity contribution in [3.8, 4) is 0 Å². The van der Waals surface area contributed by atoms with Crippen LogP contribution in [0.4, 0.5) is 8.78 Å². The molecule has 2 aromatic carbocycles. The lowest BCUT2D eigenvalue weighted by molar-refractivity contribution is 0.493. The molecule has 0 amide bonds. The van der Waals surface area contributed by atoms with Crippen LogP contribution in [-0.2, 0) is 0 Å². The van der Waals surface area contributed by atoms with E-state index in [-0.39, 0.29) is 23.7 Å². The van der Waals surface area contributed by atoms with Gasteiger partial charge in [0.15, 0.2) is 0 Å². The largest absolute Gasteiger partial charge is 0.304 e. The van der Waals surface area contributed by atoms with Gasteiger partial charge in [0.1, 0.15) is 11.6 Å². The molecule has 2 aromatic rings. The Kier molecular flexibility index (Phi) is 4.27. The van der Waals surface area contributed by atoms with Crippen molar-refractivity contribution in [2.45, 2.75) is 25.9 Å². The predicted octanol–water partition coefficient (Wildman–Crippen LogP) is 4.38. The van der Waals surface area contributed by atoms with E-state index in [4.69, 9.17) is 0 Å². The summed E-state index contributed by atoms with van der Waals surface area (Å²) in [6.07, 6.45) is 0. The van der Waals surface area contributed by atoms with Gasteiger partial charge in [-0.2, -0.15) is 0 Å². The van der Waals surface area contributed by atoms with Gasteiger partial charge in [-0.05, 0) is 49.2 Å². The lowest BCUT2D eigenvalue weighted by atomic mass is 10.0. The van der Waals surface area contributed by atoms with Crippen molar-refractivity contribution in [3.63, 3.8) is 0 Å². The molecular weight excluding hydrogens is 244 g/mol. The lowest BCUT2D eigenvalue weighted by Crippen LogP contribution is -2.22. The second-order valence-electron chi connectivity index (χ2n) is 4.71. The minimum absolute atomic E-state index is 0.0978. The molecule has 0 saturated heterocycles. The molecule has 0 heterocycles. The molecule has 100 valence electrons. The van der Waals surface area contributed by atoms with Crippen LogP contribution in [0.1, 0.15) is 37.1 Å². The fraction of sp³-hybridized carbons (Fsp3) is 0.250. The summed E-state index contributed by atoms with van der Waals surface area (Å²) in [6.45, 7) is 4.04. The summed E-state index contributed by atoms with van der Waals surface area (Å²) >= 11 is 0. The summed E-state index contributed by atoms with van der Waals surface area (Å²) in [7, 11) is 0. The molecule has 0 radical (unpaired) electrons. The van der Waals surface area contributed by atoms with E-state index < -0.39 is 0 Å². The van der Waals surface area contributed by atoms with Gasteiger partial charge in [-0.15, -0.1) is 0 Å². The first-order chi connectivity index (χ1) is 9.06. The van der Waals surface area contributed by atoms with E-state index in [1.54, 1.807) is 24.3 Å². The van der Waals surface area contributed by atoms with Gasteiger partial charge >= 0.3 is 0 Å². The van der Waals surface area contributed by atoms with E-state index in [2.05, 4.69) is 5.32 Å². The molecule has 2 rings (SSSR count). The summed E-state index contributed by atoms with van der Waals surface area (Å²) in [6, 6.07) is 13.1. The molecule has 0 saturated carbocycles. The second-order valence-corrected chi connectivity index (χ2v) is 4.71. The molecule has 19 heavy (non-hydrogen) atoms. The van der Waals surface area contributed by atoms with Crippen molar-refractivity contribution < 1.29 is 8.78 Å². The first-order valence-electron chi connectivity index (χ1n) is 6.33. The van der Waals surface area contributed by atoms with Crippen molar-refractivity contribution in [2.75, 3.05) is 0 Å². The SMILES string of the molecule is CC(NC(C)c1ccc(F)cc1)c1ccc(F)cc1. The Bertz CT molecular complexity index is 470. The third-order valence-corrected chi connectivity index (χ3v) is 3.24. The van der Waals surface area contributed by atoms with E-state index in [0.717, 1.165) is 11.1 Å². The zero-order chi connectivity index (χ0) is 13.8. The minimum Gasteiger partial charge on any atom is -0.304 e. The van der Waals surface area contributed by atoms with Crippen molar-refractivity contribution in [3.05, 3.63) is 71.3 Å². The van der Waals surface area contributed by atoms with Crippen LogP contribution in [0.5, 0.6) is 0 Å². The van der Waals surface area contributed by atoms with E-state index in [1.165, 1.54) is 24.3 Å². The molecule has 0 bridgehead atoms. The van der Waals surface area contributed by atoms with Crippen LogP contribution >= 0.6 is 0 Å². The highest BCUT2D eigenvalue weighted by molar-refractivity contribution is 5.22. The molecular formula is C16H17F2N. The Balaban J connectivity index is 2.03. The molecule has 3 heteroatoms. The first-order valence-corrected chi connectivity index (χ1v) is 6.33. The lowest BCUT2D eigenvalue weighted by Gasteiger charge is -2.20. The highest BCUT2D eigenvalue weighted by Crippen LogP contribution is 2.19. The van der Waals surface area contributed by atoms with Gasteiger partial charge in [-0.25, -0.2) is 8.78 Å². The van der Waals surface area contributed by atoms with E-state index in [1.807, 2.05) is 13.8 Å². The maximum Gasteiger partial charge on any atom is 0.123 e. The number of nitrogens with one attached hydrogen (secondary N) is 1. The maximum absolute atomic E-state index is 12.9. The van der Waals surface area contributed by atoms with Gasteiger partial charge in [0.2, 0.25) is 0 Å². The number of hydrogen-bond acceptors (Lipinski definition) is 1. The van der Waals surface area contributed by atoms with Crippen LogP contribution in [0.2, 0.25) is 0 Å². The molecule has 0 aromatic heterocycles. The number of hydrogen-bond donors (Lipinski definition) is 1. The maximum atomic E-state index is 12.9. The summed E-state index contributed by atoms with van der Waals surface area (Å²) < 4.78 is 25.7. The molecule has 1 N–H and O–H groups in total. The van der Waals surface area contributed by atoms with Crippen LogP contribution in [-0.4, -0.2) is 0 Å². The summed E-state index contributed by atoms with van der Waals surface area (Å²) in [5.74, 6) is -0.468. The van der Waals surface area contributed by atoms with Gasteiger partial charge < -0.3 is 5.32 Å². The zero-order valence-electron chi connectivity index (χ0n) is 11.0. The third-order valence-electron chi connectivity index (χ3n) is 3.24. The van der Waals surface area contributed by atoms with E-state index in [0.29, 0.717) is 0 Å². The Morgan fingerprint density at radius 1 is 0.684 bits per heavy atom. The summed E-state index contributed by atoms with van der Waals surface area (Å²) in [5.41, 5.74) is 2.05. The Morgan fingerprint density at radius 2 is 1.00 bits per heavy atom. The van der Waals surface area contributed by atoms with Crippen molar-refractivity contribution in [1.29, 1.82) is 0 Å². The Hall–Kier alpha value is -1.74. The summed E-state index contributed by atoms with van der Waals surface area (Å²) in [5, 5.41) is 3.41. The fourth-order valence-electron chi connectivity index (χ4n) is 2.07. The zero-order valence-corrected chi connectivity index (χ0v) is 11.0. The topological polar surface area (TPSA) is 12.0 Å². The number of halogens is 2. The number of benzene rings is 2. The van der Waals surface area contributed by atoms with Crippen molar-refractivity contribution in [2.24, 2.45) is 0 Å². The Morgan fingerprint density at radius 3 is 1.32 bits per heavy atom. The quantitative estimate of drug-likeness (QED) is 0.861. The van der Waals surface area contributed by atoms with Crippen LogP contribution < -0.4 is 5.32 Å². The van der Waals surface area contributed by atoms with Gasteiger partial charge in [0, 0.05) is 12.1 Å². The molecule has 0 fully saturated rings. The molecule has 0 aliphatic heterocycles. The predicted molar refractivity (Wildman–Crippen MR) is 72.8 cm³/mol. The van der Waals surface area contributed by atoms with Gasteiger partial charge in [0.05, 0.1) is 0 Å². The molecule has 1 nitrogen and oxygen atoms in total. The van der Waals surface area contributed by atoms with Crippen molar-refractivity contribution >= 4 is 0 Å². The molecule has 2 atom stereocenters. The minimum atomic E-state index is -0.234. The van der Waals surface area contributed by atoms with E-state index >= 15 is 0 Å². The molecule has 2 unspecified atom stereocenters. The second kappa shape index (κ2) is 5.93. The van der Waals surface area contributed by atoms with Crippen LogP contribution in [0.25, 0.3) is 0 Å². The van der Waals surface area contributed by atoms with Gasteiger partial charge in [0.25, 0.3) is 0 Å². The molecule has 0 aliphatic carbocycles. The summed E-state index contributed by atoms with van der Waals surface area (Å²) in [4.78, 5) is 0.